The number of benzene rings is 1. The zero-order chi connectivity index (χ0) is 13.9. The van der Waals surface area contributed by atoms with E-state index in [4.69, 9.17) is 5.11 Å². The first-order valence-electron chi connectivity index (χ1n) is 7.34. The minimum Gasteiger partial charge on any atom is -0.481 e. The van der Waals surface area contributed by atoms with Crippen molar-refractivity contribution in [1.82, 2.24) is 4.98 Å². The van der Waals surface area contributed by atoms with Crippen LogP contribution in [0.25, 0.3) is 10.8 Å². The molecule has 0 spiro atoms. The highest BCUT2D eigenvalue weighted by Gasteiger charge is 2.19. The summed E-state index contributed by atoms with van der Waals surface area (Å²) in [7, 11) is 0. The van der Waals surface area contributed by atoms with Crippen LogP contribution < -0.4 is 0 Å². The fourth-order valence-corrected chi connectivity index (χ4v) is 3.31. The van der Waals surface area contributed by atoms with Crippen LogP contribution in [0.3, 0.4) is 0 Å². The standard InChI is InChI=1S/C17H19NO2/c19-16(20)11-13-7-4-8-15-14(13)9-10-18-17(15)12-5-2-1-3-6-12/h4,7-10,12H,1-3,5-6,11H2,(H,19,20). The molecular weight excluding hydrogens is 250 g/mol. The van der Waals surface area contributed by atoms with Crippen molar-refractivity contribution in [2.45, 2.75) is 44.4 Å². The van der Waals surface area contributed by atoms with Crippen LogP contribution in [0, 0.1) is 0 Å². The molecule has 0 radical (unpaired) electrons. The molecule has 3 nitrogen and oxygen atoms in total. The number of rotatable bonds is 3. The van der Waals surface area contributed by atoms with Gasteiger partial charge in [0.15, 0.2) is 0 Å². The van der Waals surface area contributed by atoms with Crippen LogP contribution >= 0.6 is 0 Å². The van der Waals surface area contributed by atoms with Crippen LogP contribution in [-0.2, 0) is 11.2 Å². The molecule has 1 saturated carbocycles. The van der Waals surface area contributed by atoms with Gasteiger partial charge in [-0.2, -0.15) is 0 Å². The van der Waals surface area contributed by atoms with E-state index in [0.29, 0.717) is 5.92 Å². The predicted octanol–water partition coefficient (Wildman–Crippen LogP) is 3.91. The van der Waals surface area contributed by atoms with Crippen molar-refractivity contribution in [1.29, 1.82) is 0 Å². The van der Waals surface area contributed by atoms with Gasteiger partial charge in [0.1, 0.15) is 0 Å². The van der Waals surface area contributed by atoms with Gasteiger partial charge in [0, 0.05) is 17.5 Å². The molecule has 3 heteroatoms. The smallest absolute Gasteiger partial charge is 0.307 e. The highest BCUT2D eigenvalue weighted by molar-refractivity contribution is 5.90. The molecule has 1 N–H and O–H groups in total. The van der Waals surface area contributed by atoms with Gasteiger partial charge in [-0.25, -0.2) is 0 Å². The zero-order valence-corrected chi connectivity index (χ0v) is 11.5. The Labute approximate surface area is 118 Å². The molecule has 1 aliphatic rings. The van der Waals surface area contributed by atoms with Crippen molar-refractivity contribution in [3.8, 4) is 0 Å². The Morgan fingerprint density at radius 2 is 1.95 bits per heavy atom. The highest BCUT2D eigenvalue weighted by Crippen LogP contribution is 2.35. The molecule has 0 aliphatic heterocycles. The highest BCUT2D eigenvalue weighted by atomic mass is 16.4. The Morgan fingerprint density at radius 1 is 1.15 bits per heavy atom. The third kappa shape index (κ3) is 2.53. The average molecular weight is 269 g/mol. The normalized spacial score (nSPS) is 16.4. The van der Waals surface area contributed by atoms with Gasteiger partial charge < -0.3 is 5.11 Å². The number of aromatic nitrogens is 1. The van der Waals surface area contributed by atoms with Gasteiger partial charge in [0.25, 0.3) is 0 Å². The number of carboxylic acids is 1. The monoisotopic (exact) mass is 269 g/mol. The average Bonchev–Trinajstić information content (AvgIpc) is 2.47. The molecule has 20 heavy (non-hydrogen) atoms. The molecule has 1 aliphatic carbocycles. The number of pyridine rings is 1. The molecule has 0 amide bonds. The molecule has 1 fully saturated rings. The van der Waals surface area contributed by atoms with Crippen molar-refractivity contribution in [3.63, 3.8) is 0 Å². The van der Waals surface area contributed by atoms with E-state index < -0.39 is 5.97 Å². The number of hydrogen-bond donors (Lipinski definition) is 1. The largest absolute Gasteiger partial charge is 0.481 e. The Morgan fingerprint density at radius 3 is 2.70 bits per heavy atom. The minimum atomic E-state index is -0.784. The van der Waals surface area contributed by atoms with Crippen LogP contribution in [0.2, 0.25) is 0 Å². The number of fused-ring (bicyclic) bond motifs is 1. The third-order valence-corrected chi connectivity index (χ3v) is 4.26. The molecule has 2 aromatic rings. The number of carbonyl (C=O) groups is 1. The summed E-state index contributed by atoms with van der Waals surface area (Å²) in [4.78, 5) is 15.6. The Hall–Kier alpha value is -1.90. The van der Waals surface area contributed by atoms with Crippen molar-refractivity contribution in [2.75, 3.05) is 0 Å². The van der Waals surface area contributed by atoms with Crippen LogP contribution in [0.5, 0.6) is 0 Å². The van der Waals surface area contributed by atoms with Gasteiger partial charge in [-0.1, -0.05) is 37.5 Å². The first-order chi connectivity index (χ1) is 9.75. The number of hydrogen-bond acceptors (Lipinski definition) is 2. The molecule has 104 valence electrons. The molecule has 0 bridgehead atoms. The molecule has 1 aromatic heterocycles. The Bertz CT molecular complexity index is 630. The van der Waals surface area contributed by atoms with Crippen molar-refractivity contribution in [2.24, 2.45) is 0 Å². The predicted molar refractivity (Wildman–Crippen MR) is 78.9 cm³/mol. The topological polar surface area (TPSA) is 50.2 Å². The Kier molecular flexibility index (Phi) is 3.68. The van der Waals surface area contributed by atoms with Crippen LogP contribution in [0.4, 0.5) is 0 Å². The van der Waals surface area contributed by atoms with Crippen molar-refractivity contribution >= 4 is 16.7 Å². The fraction of sp³-hybridized carbons (Fsp3) is 0.412. The number of nitrogens with zero attached hydrogens (tertiary/aromatic N) is 1. The minimum absolute atomic E-state index is 0.0749. The lowest BCUT2D eigenvalue weighted by molar-refractivity contribution is -0.136. The van der Waals surface area contributed by atoms with Crippen molar-refractivity contribution in [3.05, 3.63) is 41.7 Å². The summed E-state index contributed by atoms with van der Waals surface area (Å²) in [5, 5.41) is 11.2. The van der Waals surface area contributed by atoms with E-state index in [1.54, 1.807) is 0 Å². The van der Waals surface area contributed by atoms with Gasteiger partial charge in [0.2, 0.25) is 0 Å². The van der Waals surface area contributed by atoms with Gasteiger partial charge in [-0.3, -0.25) is 9.78 Å². The maximum Gasteiger partial charge on any atom is 0.307 e. The second kappa shape index (κ2) is 5.61. The van der Waals surface area contributed by atoms with E-state index in [-0.39, 0.29) is 6.42 Å². The molecular formula is C17H19NO2. The second-order valence-corrected chi connectivity index (χ2v) is 5.61. The van der Waals surface area contributed by atoms with Crippen molar-refractivity contribution < 1.29 is 9.90 Å². The molecule has 3 rings (SSSR count). The van der Waals surface area contributed by atoms with E-state index in [9.17, 15) is 4.79 Å². The van der Waals surface area contributed by atoms with Gasteiger partial charge in [-0.05, 0) is 29.9 Å². The van der Waals surface area contributed by atoms with Gasteiger partial charge >= 0.3 is 5.97 Å². The first kappa shape index (κ1) is 13.1. The summed E-state index contributed by atoms with van der Waals surface area (Å²) in [6.07, 6.45) is 8.19. The van der Waals surface area contributed by atoms with E-state index in [1.165, 1.54) is 32.1 Å². The van der Waals surface area contributed by atoms with Crippen LogP contribution in [0.15, 0.2) is 30.5 Å². The maximum atomic E-state index is 11.0. The fourth-order valence-electron chi connectivity index (χ4n) is 3.31. The summed E-state index contributed by atoms with van der Waals surface area (Å²) < 4.78 is 0. The first-order valence-corrected chi connectivity index (χ1v) is 7.34. The van der Waals surface area contributed by atoms with Gasteiger partial charge in [-0.15, -0.1) is 0 Å². The quantitative estimate of drug-likeness (QED) is 0.919. The molecule has 0 saturated heterocycles. The zero-order valence-electron chi connectivity index (χ0n) is 11.5. The third-order valence-electron chi connectivity index (χ3n) is 4.26. The SMILES string of the molecule is O=C(O)Cc1cccc2c(C3CCCCC3)nccc12. The van der Waals surface area contributed by atoms with E-state index in [1.807, 2.05) is 24.4 Å². The molecule has 1 heterocycles. The molecule has 0 unspecified atom stereocenters. The second-order valence-electron chi connectivity index (χ2n) is 5.61. The van der Waals surface area contributed by atoms with Gasteiger partial charge in [0.05, 0.1) is 12.1 Å². The Balaban J connectivity index is 2.07. The summed E-state index contributed by atoms with van der Waals surface area (Å²) in [5.74, 6) is -0.249. The summed E-state index contributed by atoms with van der Waals surface area (Å²) in [5.41, 5.74) is 2.05. The molecule has 0 atom stereocenters. The van der Waals surface area contributed by atoms with E-state index in [0.717, 1.165) is 22.0 Å². The lowest BCUT2D eigenvalue weighted by Gasteiger charge is -2.22. The van der Waals surface area contributed by atoms with E-state index in [2.05, 4.69) is 11.1 Å². The summed E-state index contributed by atoms with van der Waals surface area (Å²) in [6, 6.07) is 7.88. The summed E-state index contributed by atoms with van der Waals surface area (Å²) >= 11 is 0. The maximum absolute atomic E-state index is 11.0. The van der Waals surface area contributed by atoms with Crippen LogP contribution in [-0.4, -0.2) is 16.1 Å². The lowest BCUT2D eigenvalue weighted by atomic mass is 9.84. The number of aliphatic carboxylic acids is 1. The number of carboxylic acid groups (broad SMARTS) is 1. The summed E-state index contributed by atoms with van der Waals surface area (Å²) in [6.45, 7) is 0. The molecule has 1 aromatic carbocycles. The van der Waals surface area contributed by atoms with Crippen LogP contribution in [0.1, 0.15) is 49.3 Å². The lowest BCUT2D eigenvalue weighted by Crippen LogP contribution is -2.08. The van der Waals surface area contributed by atoms with E-state index >= 15 is 0 Å².